The molecule has 0 unspecified atom stereocenters. The van der Waals surface area contributed by atoms with Gasteiger partial charge in [-0.15, -0.1) is 0 Å². The van der Waals surface area contributed by atoms with Gasteiger partial charge in [0.15, 0.2) is 6.61 Å². The first-order chi connectivity index (χ1) is 8.40. The molecule has 0 aliphatic heterocycles. The smallest absolute Gasteiger partial charge is 0.318 e. The molecule has 1 atom stereocenters. The molecule has 1 aromatic rings. The monoisotopic (exact) mass is 255 g/mol. The number of carbonyl (C=O) groups is 2. The Kier molecular flexibility index (Phi) is 4.61. The van der Waals surface area contributed by atoms with Crippen LogP contribution < -0.4 is 21.5 Å². The average Bonchev–Trinajstić information content (AvgIpc) is 2.26. The summed E-state index contributed by atoms with van der Waals surface area (Å²) in [7, 11) is 0. The topological polar surface area (TPSA) is 107 Å². The molecule has 6 nitrogen and oxygen atoms in total. The van der Waals surface area contributed by atoms with Gasteiger partial charge < -0.3 is 16.2 Å². The number of imide groups is 1. The van der Waals surface area contributed by atoms with E-state index in [1.807, 2.05) is 5.32 Å². The average molecular weight is 255 g/mol. The molecule has 98 valence electrons. The third kappa shape index (κ3) is 4.02. The molecule has 0 aliphatic rings. The van der Waals surface area contributed by atoms with Crippen molar-refractivity contribution in [2.45, 2.75) is 13.0 Å². The number of primary amides is 1. The summed E-state index contributed by atoms with van der Waals surface area (Å²) in [6.07, 6.45) is 0. The molecule has 0 fully saturated rings. The minimum Gasteiger partial charge on any atom is -0.483 e. The van der Waals surface area contributed by atoms with Crippen molar-refractivity contribution in [2.24, 2.45) is 11.5 Å². The number of urea groups is 1. The van der Waals surface area contributed by atoms with Gasteiger partial charge in [0.1, 0.15) is 11.6 Å². The molecule has 7 heteroatoms. The van der Waals surface area contributed by atoms with Crippen LogP contribution >= 0.6 is 0 Å². The number of rotatable bonds is 4. The van der Waals surface area contributed by atoms with Crippen LogP contribution in [0, 0.1) is 5.82 Å². The molecule has 0 spiro atoms. The summed E-state index contributed by atoms with van der Waals surface area (Å²) in [5.74, 6) is -0.857. The SMILES string of the molecule is C[C@H](N)c1cc(F)ccc1OCC(=O)NC(N)=O. The second-order valence-electron chi connectivity index (χ2n) is 3.67. The Morgan fingerprint density at radius 2 is 2.17 bits per heavy atom. The van der Waals surface area contributed by atoms with Gasteiger partial charge >= 0.3 is 6.03 Å². The van der Waals surface area contributed by atoms with Crippen LogP contribution in [0.2, 0.25) is 0 Å². The Labute approximate surface area is 103 Å². The van der Waals surface area contributed by atoms with E-state index in [0.29, 0.717) is 5.56 Å². The Morgan fingerprint density at radius 3 is 2.72 bits per heavy atom. The van der Waals surface area contributed by atoms with E-state index in [-0.39, 0.29) is 5.75 Å². The van der Waals surface area contributed by atoms with E-state index in [1.54, 1.807) is 6.92 Å². The number of carbonyl (C=O) groups excluding carboxylic acids is 2. The van der Waals surface area contributed by atoms with Crippen molar-refractivity contribution in [3.63, 3.8) is 0 Å². The van der Waals surface area contributed by atoms with Crippen LogP contribution in [-0.2, 0) is 4.79 Å². The highest BCUT2D eigenvalue weighted by Gasteiger charge is 2.11. The van der Waals surface area contributed by atoms with E-state index in [4.69, 9.17) is 16.2 Å². The maximum Gasteiger partial charge on any atom is 0.318 e. The number of benzene rings is 1. The number of hydrogen-bond donors (Lipinski definition) is 3. The molecule has 0 aromatic heterocycles. The van der Waals surface area contributed by atoms with E-state index in [1.165, 1.54) is 18.2 Å². The zero-order valence-electron chi connectivity index (χ0n) is 9.77. The summed E-state index contributed by atoms with van der Waals surface area (Å²) in [5.41, 5.74) is 10.8. The van der Waals surface area contributed by atoms with Crippen molar-refractivity contribution < 1.29 is 18.7 Å². The van der Waals surface area contributed by atoms with Crippen LogP contribution in [-0.4, -0.2) is 18.5 Å². The van der Waals surface area contributed by atoms with Crippen LogP contribution in [0.1, 0.15) is 18.5 Å². The third-order valence-corrected chi connectivity index (χ3v) is 2.08. The predicted molar refractivity (Wildman–Crippen MR) is 62.2 cm³/mol. The van der Waals surface area contributed by atoms with E-state index < -0.39 is 30.4 Å². The molecule has 18 heavy (non-hydrogen) atoms. The van der Waals surface area contributed by atoms with Crippen LogP contribution in [0.4, 0.5) is 9.18 Å². The molecule has 5 N–H and O–H groups in total. The Bertz CT molecular complexity index is 463. The third-order valence-electron chi connectivity index (χ3n) is 2.08. The second kappa shape index (κ2) is 5.97. The molecule has 0 heterocycles. The number of ether oxygens (including phenoxy) is 1. The van der Waals surface area contributed by atoms with Gasteiger partial charge in [0, 0.05) is 11.6 Å². The molecular formula is C11H14FN3O3. The fraction of sp³-hybridized carbons (Fsp3) is 0.273. The fourth-order valence-corrected chi connectivity index (χ4v) is 1.32. The van der Waals surface area contributed by atoms with Gasteiger partial charge in [0.2, 0.25) is 0 Å². The van der Waals surface area contributed by atoms with E-state index in [2.05, 4.69) is 0 Å². The second-order valence-corrected chi connectivity index (χ2v) is 3.67. The van der Waals surface area contributed by atoms with Crippen molar-refractivity contribution in [1.82, 2.24) is 5.32 Å². The normalized spacial score (nSPS) is 11.7. The molecule has 1 aromatic carbocycles. The predicted octanol–water partition coefficient (Wildman–Crippen LogP) is 0.419. The molecule has 1 rings (SSSR count). The standard InChI is InChI=1S/C11H14FN3O3/c1-6(13)8-4-7(12)2-3-9(8)18-5-10(16)15-11(14)17/h2-4,6H,5,13H2,1H3,(H3,14,15,16,17)/t6-/m0/s1. The number of hydrogen-bond acceptors (Lipinski definition) is 4. The lowest BCUT2D eigenvalue weighted by Gasteiger charge is -2.13. The minimum absolute atomic E-state index is 0.283. The molecule has 0 saturated carbocycles. The van der Waals surface area contributed by atoms with Crippen LogP contribution in [0.25, 0.3) is 0 Å². The fourth-order valence-electron chi connectivity index (χ4n) is 1.32. The minimum atomic E-state index is -0.963. The highest BCUT2D eigenvalue weighted by Crippen LogP contribution is 2.24. The van der Waals surface area contributed by atoms with Crippen molar-refractivity contribution in [2.75, 3.05) is 6.61 Å². The molecular weight excluding hydrogens is 241 g/mol. The molecule has 0 radical (unpaired) electrons. The maximum atomic E-state index is 13.0. The van der Waals surface area contributed by atoms with Crippen LogP contribution in [0.15, 0.2) is 18.2 Å². The van der Waals surface area contributed by atoms with Crippen LogP contribution in [0.3, 0.4) is 0 Å². The molecule has 3 amide bonds. The number of nitrogens with two attached hydrogens (primary N) is 2. The van der Waals surface area contributed by atoms with Crippen molar-refractivity contribution >= 4 is 11.9 Å². The summed E-state index contributed by atoms with van der Waals surface area (Å²) in [5, 5.41) is 1.84. The van der Waals surface area contributed by atoms with Gasteiger partial charge in [0.05, 0.1) is 0 Å². The van der Waals surface area contributed by atoms with Crippen molar-refractivity contribution in [3.8, 4) is 5.75 Å². The highest BCUT2D eigenvalue weighted by atomic mass is 19.1. The zero-order chi connectivity index (χ0) is 13.7. The first-order valence-electron chi connectivity index (χ1n) is 5.17. The highest BCUT2D eigenvalue weighted by molar-refractivity contribution is 5.94. The first-order valence-corrected chi connectivity index (χ1v) is 5.17. The summed E-state index contributed by atoms with van der Waals surface area (Å²) in [6.45, 7) is 1.25. The Morgan fingerprint density at radius 1 is 1.50 bits per heavy atom. The number of nitrogens with one attached hydrogen (secondary N) is 1. The van der Waals surface area contributed by atoms with Gasteiger partial charge in [-0.05, 0) is 25.1 Å². The largest absolute Gasteiger partial charge is 0.483 e. The zero-order valence-corrected chi connectivity index (χ0v) is 9.77. The summed E-state index contributed by atoms with van der Waals surface area (Å²) in [6, 6.07) is 2.37. The van der Waals surface area contributed by atoms with Gasteiger partial charge in [-0.2, -0.15) is 0 Å². The van der Waals surface area contributed by atoms with E-state index >= 15 is 0 Å². The molecule has 0 aliphatic carbocycles. The lowest BCUT2D eigenvalue weighted by Crippen LogP contribution is -2.38. The van der Waals surface area contributed by atoms with Gasteiger partial charge in [-0.25, -0.2) is 9.18 Å². The van der Waals surface area contributed by atoms with Gasteiger partial charge in [-0.3, -0.25) is 10.1 Å². The molecule has 0 bridgehead atoms. The van der Waals surface area contributed by atoms with Gasteiger partial charge in [0.25, 0.3) is 5.91 Å². The van der Waals surface area contributed by atoms with E-state index in [0.717, 1.165) is 0 Å². The van der Waals surface area contributed by atoms with Crippen LogP contribution in [0.5, 0.6) is 5.75 Å². The number of halogens is 1. The van der Waals surface area contributed by atoms with Gasteiger partial charge in [-0.1, -0.05) is 0 Å². The summed E-state index contributed by atoms with van der Waals surface area (Å²) in [4.78, 5) is 21.5. The quantitative estimate of drug-likeness (QED) is 0.724. The maximum absolute atomic E-state index is 13.0. The summed E-state index contributed by atoms with van der Waals surface area (Å²) < 4.78 is 18.2. The Hall–Kier alpha value is -2.15. The number of amides is 3. The summed E-state index contributed by atoms with van der Waals surface area (Å²) >= 11 is 0. The van der Waals surface area contributed by atoms with Crippen molar-refractivity contribution in [3.05, 3.63) is 29.6 Å². The van der Waals surface area contributed by atoms with E-state index in [9.17, 15) is 14.0 Å². The van der Waals surface area contributed by atoms with Crippen molar-refractivity contribution in [1.29, 1.82) is 0 Å². The molecule has 0 saturated heterocycles. The Balaban J connectivity index is 2.72. The first kappa shape index (κ1) is 13.9. The lowest BCUT2D eigenvalue weighted by atomic mass is 10.1. The lowest BCUT2D eigenvalue weighted by molar-refractivity contribution is -0.121.